The van der Waals surface area contributed by atoms with E-state index >= 15 is 0 Å². The Hall–Kier alpha value is -1.32. The Kier molecular flexibility index (Phi) is 3.33. The predicted octanol–water partition coefficient (Wildman–Crippen LogP) is 3.42. The second kappa shape index (κ2) is 4.99. The van der Waals surface area contributed by atoms with Crippen molar-refractivity contribution in [3.05, 3.63) is 35.6 Å². The fraction of sp³-hybridized carbons (Fsp3) is 0.500. The zero-order valence-corrected chi connectivity index (χ0v) is 11.6. The minimum Gasteiger partial charge on any atom is -0.461 e. The van der Waals surface area contributed by atoms with Gasteiger partial charge in [0.25, 0.3) is 0 Å². The molecule has 1 saturated heterocycles. The quantitative estimate of drug-likeness (QED) is 0.918. The minimum absolute atomic E-state index is 0.101. The minimum atomic E-state index is -0.101. The van der Waals surface area contributed by atoms with Crippen LogP contribution in [0.3, 0.4) is 0 Å². The number of hydrogen-bond donors (Lipinski definition) is 1. The predicted molar refractivity (Wildman–Crippen MR) is 76.0 cm³/mol. The van der Waals surface area contributed by atoms with Gasteiger partial charge in [-0.2, -0.15) is 0 Å². The zero-order chi connectivity index (χ0) is 13.4. The van der Waals surface area contributed by atoms with Gasteiger partial charge in [-0.3, -0.25) is 0 Å². The smallest absolute Gasteiger partial charge is 0.134 e. The van der Waals surface area contributed by atoms with Gasteiger partial charge in [0.2, 0.25) is 0 Å². The average molecular weight is 259 g/mol. The summed E-state index contributed by atoms with van der Waals surface area (Å²) in [4.78, 5) is 0. The van der Waals surface area contributed by atoms with Crippen LogP contribution in [0.25, 0.3) is 11.0 Å². The highest BCUT2D eigenvalue weighted by Gasteiger charge is 2.33. The van der Waals surface area contributed by atoms with Gasteiger partial charge in [-0.25, -0.2) is 0 Å². The molecule has 0 radical (unpaired) electrons. The summed E-state index contributed by atoms with van der Waals surface area (Å²) in [5.74, 6) is 1.50. The molecule has 1 aliphatic heterocycles. The molecular formula is C16H21NO2. The topological polar surface area (TPSA) is 48.4 Å². The molecule has 0 aliphatic carbocycles. The van der Waals surface area contributed by atoms with E-state index in [1.807, 2.05) is 18.2 Å². The Labute approximate surface area is 113 Å². The van der Waals surface area contributed by atoms with Crippen molar-refractivity contribution in [1.29, 1.82) is 0 Å². The van der Waals surface area contributed by atoms with Crippen LogP contribution in [0.15, 0.2) is 28.7 Å². The molecule has 1 aromatic heterocycles. The van der Waals surface area contributed by atoms with Crippen molar-refractivity contribution in [2.45, 2.75) is 38.8 Å². The number of nitrogens with two attached hydrogens (primary N) is 1. The Morgan fingerprint density at radius 3 is 2.84 bits per heavy atom. The molecular weight excluding hydrogens is 238 g/mol. The summed E-state index contributed by atoms with van der Waals surface area (Å²) in [6, 6.07) is 8.02. The van der Waals surface area contributed by atoms with Crippen LogP contribution in [0.2, 0.25) is 0 Å². The van der Waals surface area contributed by atoms with Crippen molar-refractivity contribution in [2.75, 3.05) is 6.61 Å². The monoisotopic (exact) mass is 259 g/mol. The molecule has 1 fully saturated rings. The number of aryl methyl sites for hydroxylation is 1. The third kappa shape index (κ3) is 2.07. The van der Waals surface area contributed by atoms with Gasteiger partial charge in [-0.15, -0.1) is 0 Å². The third-order valence-corrected chi connectivity index (χ3v) is 4.16. The van der Waals surface area contributed by atoms with Crippen molar-refractivity contribution < 1.29 is 9.15 Å². The molecule has 19 heavy (non-hydrogen) atoms. The highest BCUT2D eigenvalue weighted by atomic mass is 16.5. The fourth-order valence-electron chi connectivity index (χ4n) is 3.08. The summed E-state index contributed by atoms with van der Waals surface area (Å²) in [7, 11) is 0. The van der Waals surface area contributed by atoms with E-state index in [9.17, 15) is 0 Å². The van der Waals surface area contributed by atoms with Gasteiger partial charge in [0.05, 0.1) is 12.1 Å². The third-order valence-electron chi connectivity index (χ3n) is 4.16. The van der Waals surface area contributed by atoms with Gasteiger partial charge < -0.3 is 14.9 Å². The van der Waals surface area contributed by atoms with Gasteiger partial charge in [-0.05, 0) is 18.4 Å². The molecule has 2 heterocycles. The van der Waals surface area contributed by atoms with Crippen molar-refractivity contribution in [3.63, 3.8) is 0 Å². The molecule has 3 heteroatoms. The number of ether oxygens (including phenoxy) is 1. The van der Waals surface area contributed by atoms with Crippen LogP contribution < -0.4 is 5.73 Å². The van der Waals surface area contributed by atoms with Crippen LogP contribution in [0.1, 0.15) is 37.6 Å². The van der Waals surface area contributed by atoms with Crippen LogP contribution >= 0.6 is 0 Å². The molecule has 2 aromatic rings. The molecule has 0 saturated carbocycles. The van der Waals surface area contributed by atoms with Crippen LogP contribution in [0.4, 0.5) is 0 Å². The Morgan fingerprint density at radius 1 is 1.37 bits per heavy atom. The average Bonchev–Trinajstić information content (AvgIpc) is 3.01. The number of rotatable bonds is 3. The fourth-order valence-corrected chi connectivity index (χ4v) is 3.08. The maximum absolute atomic E-state index is 6.49. The van der Waals surface area contributed by atoms with Gasteiger partial charge >= 0.3 is 0 Å². The van der Waals surface area contributed by atoms with Crippen molar-refractivity contribution in [1.82, 2.24) is 0 Å². The second-order valence-corrected chi connectivity index (χ2v) is 5.42. The molecule has 0 bridgehead atoms. The largest absolute Gasteiger partial charge is 0.461 e. The number of fused-ring (bicyclic) bond motifs is 1. The standard InChI is InChI=1S/C16H21NO2/c1-3-12-14(11-6-4-5-7-13(11)19-12)15(17)16-10(2)8-9-18-16/h4-7,10,15-16H,3,8-9,17H2,1-2H3. The molecule has 0 spiro atoms. The Morgan fingerprint density at radius 2 is 2.16 bits per heavy atom. The molecule has 3 atom stereocenters. The summed E-state index contributed by atoms with van der Waals surface area (Å²) in [6.07, 6.45) is 2.06. The van der Waals surface area contributed by atoms with E-state index in [2.05, 4.69) is 19.9 Å². The first kappa shape index (κ1) is 12.7. The van der Waals surface area contributed by atoms with Crippen LogP contribution in [0, 0.1) is 5.92 Å². The van der Waals surface area contributed by atoms with E-state index in [1.165, 1.54) is 0 Å². The summed E-state index contributed by atoms with van der Waals surface area (Å²) < 4.78 is 11.8. The highest BCUT2D eigenvalue weighted by molar-refractivity contribution is 5.82. The Balaban J connectivity index is 2.07. The Bertz CT molecular complexity index is 575. The van der Waals surface area contributed by atoms with Crippen LogP contribution in [-0.2, 0) is 11.2 Å². The summed E-state index contributed by atoms with van der Waals surface area (Å²) >= 11 is 0. The van der Waals surface area contributed by atoms with Crippen molar-refractivity contribution in [2.24, 2.45) is 11.7 Å². The molecule has 1 aromatic carbocycles. The number of furan rings is 1. The molecule has 3 nitrogen and oxygen atoms in total. The lowest BCUT2D eigenvalue weighted by Crippen LogP contribution is -2.30. The van der Waals surface area contributed by atoms with E-state index in [1.54, 1.807) is 0 Å². The normalized spacial score (nSPS) is 25.0. The lowest BCUT2D eigenvalue weighted by Gasteiger charge is -2.22. The van der Waals surface area contributed by atoms with E-state index in [0.717, 1.165) is 41.7 Å². The van der Waals surface area contributed by atoms with Gasteiger partial charge in [-0.1, -0.05) is 32.0 Å². The lowest BCUT2D eigenvalue weighted by molar-refractivity contribution is 0.0723. The molecule has 3 unspecified atom stereocenters. The molecule has 3 rings (SSSR count). The van der Waals surface area contributed by atoms with E-state index < -0.39 is 0 Å². The number of para-hydroxylation sites is 1. The maximum Gasteiger partial charge on any atom is 0.134 e. The lowest BCUT2D eigenvalue weighted by atomic mass is 9.91. The maximum atomic E-state index is 6.49. The van der Waals surface area contributed by atoms with Gasteiger partial charge in [0.1, 0.15) is 11.3 Å². The number of benzene rings is 1. The van der Waals surface area contributed by atoms with Crippen molar-refractivity contribution >= 4 is 11.0 Å². The van der Waals surface area contributed by atoms with Crippen LogP contribution in [0.5, 0.6) is 0 Å². The number of hydrogen-bond acceptors (Lipinski definition) is 3. The second-order valence-electron chi connectivity index (χ2n) is 5.42. The van der Waals surface area contributed by atoms with E-state index in [0.29, 0.717) is 5.92 Å². The summed E-state index contributed by atoms with van der Waals surface area (Å²) in [5, 5.41) is 1.13. The highest BCUT2D eigenvalue weighted by Crippen LogP contribution is 2.36. The first-order valence-corrected chi connectivity index (χ1v) is 7.09. The van der Waals surface area contributed by atoms with Crippen molar-refractivity contribution in [3.8, 4) is 0 Å². The summed E-state index contributed by atoms with van der Waals surface area (Å²) in [5.41, 5.74) is 8.55. The molecule has 0 amide bonds. The van der Waals surface area contributed by atoms with Gasteiger partial charge in [0.15, 0.2) is 0 Å². The molecule has 2 N–H and O–H groups in total. The first-order valence-electron chi connectivity index (χ1n) is 7.09. The molecule has 102 valence electrons. The van der Waals surface area contributed by atoms with Gasteiger partial charge in [0, 0.05) is 24.0 Å². The van der Waals surface area contributed by atoms with E-state index in [-0.39, 0.29) is 12.1 Å². The SMILES string of the molecule is CCc1oc2ccccc2c1C(N)C1OCCC1C. The summed E-state index contributed by atoms with van der Waals surface area (Å²) in [6.45, 7) is 5.13. The van der Waals surface area contributed by atoms with Crippen LogP contribution in [-0.4, -0.2) is 12.7 Å². The first-order chi connectivity index (χ1) is 9.22. The zero-order valence-electron chi connectivity index (χ0n) is 11.6. The van der Waals surface area contributed by atoms with E-state index in [4.69, 9.17) is 14.9 Å². The molecule has 1 aliphatic rings.